The second-order valence-corrected chi connectivity index (χ2v) is 5.16. The first kappa shape index (κ1) is 19.0. The normalized spacial score (nSPS) is 12.0. The maximum absolute atomic E-state index is 11.7. The number of aliphatic hydroxyl groups excluding tert-OH is 1. The van der Waals surface area contributed by atoms with Gasteiger partial charge in [0.15, 0.2) is 0 Å². The minimum Gasteiger partial charge on any atom is -0.512 e. The van der Waals surface area contributed by atoms with Crippen LogP contribution >= 0.6 is 23.2 Å². The topological polar surface area (TPSA) is 88.0 Å². The molecule has 0 aliphatic carbocycles. The maximum Gasteiger partial charge on any atom is 0.343 e. The Balaban J connectivity index is 3.27. The summed E-state index contributed by atoms with van der Waals surface area (Å²) in [4.78, 5) is 27.5. The maximum atomic E-state index is 11.7. The summed E-state index contributed by atoms with van der Waals surface area (Å²) in [6, 6.07) is 2.84. The molecular weight excluding hydrogens is 343 g/mol. The van der Waals surface area contributed by atoms with E-state index < -0.39 is 11.9 Å². The molecule has 1 aromatic rings. The summed E-state index contributed by atoms with van der Waals surface area (Å²) >= 11 is 12.1. The molecule has 0 aromatic heterocycles. The summed E-state index contributed by atoms with van der Waals surface area (Å²) in [7, 11) is 1.46. The van der Waals surface area contributed by atoms with Gasteiger partial charge in [-0.15, -0.1) is 0 Å². The first-order valence-electron chi connectivity index (χ1n) is 6.63. The predicted molar refractivity (Wildman–Crippen MR) is 90.0 cm³/mol. The van der Waals surface area contributed by atoms with E-state index in [2.05, 4.69) is 10.3 Å². The molecule has 23 heavy (non-hydrogen) atoms. The zero-order chi connectivity index (χ0) is 17.6. The molecule has 0 atom stereocenters. The van der Waals surface area contributed by atoms with Gasteiger partial charge in [0, 0.05) is 18.3 Å². The molecule has 0 unspecified atom stereocenters. The Morgan fingerprint density at radius 1 is 1.39 bits per heavy atom. The van der Waals surface area contributed by atoms with Gasteiger partial charge in [-0.25, -0.2) is 4.79 Å². The Bertz CT molecular complexity index is 680. The summed E-state index contributed by atoms with van der Waals surface area (Å²) in [6.07, 6.45) is 1.11. The largest absolute Gasteiger partial charge is 0.512 e. The zero-order valence-corrected chi connectivity index (χ0v) is 14.3. The molecule has 0 radical (unpaired) electrons. The fourth-order valence-corrected chi connectivity index (χ4v) is 2.06. The van der Waals surface area contributed by atoms with Gasteiger partial charge in [-0.05, 0) is 26.0 Å². The Kier molecular flexibility index (Phi) is 7.06. The molecule has 0 spiro atoms. The SMILES string of the molecule is CCOC(=O)C(C=Nc1cc(Cl)cc(C(=O)NC)c1Cl)=C(C)O. The molecule has 0 saturated carbocycles. The third kappa shape index (κ3) is 4.97. The molecule has 8 heteroatoms. The number of ether oxygens (including phenoxy) is 1. The Hall–Kier alpha value is -2.05. The monoisotopic (exact) mass is 358 g/mol. The number of halogens is 2. The van der Waals surface area contributed by atoms with Crippen LogP contribution in [-0.4, -0.2) is 36.9 Å². The van der Waals surface area contributed by atoms with Gasteiger partial charge in [-0.1, -0.05) is 23.2 Å². The first-order chi connectivity index (χ1) is 10.8. The minimum atomic E-state index is -0.721. The van der Waals surface area contributed by atoms with Crippen molar-refractivity contribution < 1.29 is 19.4 Å². The van der Waals surface area contributed by atoms with Crippen LogP contribution in [0.15, 0.2) is 28.5 Å². The molecule has 0 saturated heterocycles. The van der Waals surface area contributed by atoms with Gasteiger partial charge in [-0.2, -0.15) is 0 Å². The third-order valence-electron chi connectivity index (χ3n) is 2.71. The van der Waals surface area contributed by atoms with Crippen LogP contribution in [0.25, 0.3) is 0 Å². The van der Waals surface area contributed by atoms with Gasteiger partial charge >= 0.3 is 5.97 Å². The van der Waals surface area contributed by atoms with Crippen LogP contribution in [0.2, 0.25) is 10.0 Å². The van der Waals surface area contributed by atoms with Crippen molar-refractivity contribution in [3.8, 4) is 0 Å². The van der Waals surface area contributed by atoms with Gasteiger partial charge in [0.25, 0.3) is 5.91 Å². The number of aliphatic hydroxyl groups is 1. The van der Waals surface area contributed by atoms with Crippen LogP contribution in [0.5, 0.6) is 0 Å². The van der Waals surface area contributed by atoms with E-state index in [-0.39, 0.29) is 39.2 Å². The number of hydrogen-bond donors (Lipinski definition) is 2. The van der Waals surface area contributed by atoms with Gasteiger partial charge < -0.3 is 15.2 Å². The standard InChI is InChI=1S/C15H16Cl2N2O4/c1-4-23-15(22)11(8(2)20)7-19-12-6-9(16)5-10(13(12)17)14(21)18-3/h5-7,20H,4H2,1-3H3,(H,18,21). The number of amides is 1. The third-order valence-corrected chi connectivity index (χ3v) is 3.32. The minimum absolute atomic E-state index is 0.0730. The molecule has 1 amide bonds. The fourth-order valence-electron chi connectivity index (χ4n) is 1.61. The molecule has 0 aliphatic rings. The molecule has 0 heterocycles. The first-order valence-corrected chi connectivity index (χ1v) is 7.39. The highest BCUT2D eigenvalue weighted by molar-refractivity contribution is 6.38. The summed E-state index contributed by atoms with van der Waals surface area (Å²) in [6.45, 7) is 3.12. The van der Waals surface area contributed by atoms with Gasteiger partial charge in [-0.3, -0.25) is 9.79 Å². The van der Waals surface area contributed by atoms with E-state index in [1.54, 1.807) is 6.92 Å². The van der Waals surface area contributed by atoms with Crippen molar-refractivity contribution in [3.63, 3.8) is 0 Å². The van der Waals surface area contributed by atoms with Crippen molar-refractivity contribution in [2.75, 3.05) is 13.7 Å². The van der Waals surface area contributed by atoms with Crippen LogP contribution in [0.4, 0.5) is 5.69 Å². The van der Waals surface area contributed by atoms with Crippen molar-refractivity contribution in [1.29, 1.82) is 0 Å². The van der Waals surface area contributed by atoms with Crippen LogP contribution in [-0.2, 0) is 9.53 Å². The number of carbonyl (C=O) groups is 2. The molecule has 0 bridgehead atoms. The quantitative estimate of drug-likeness (QED) is 0.365. The zero-order valence-electron chi connectivity index (χ0n) is 12.8. The van der Waals surface area contributed by atoms with Crippen LogP contribution < -0.4 is 5.32 Å². The van der Waals surface area contributed by atoms with Crippen molar-refractivity contribution in [2.45, 2.75) is 13.8 Å². The predicted octanol–water partition coefficient (Wildman–Crippen LogP) is 3.45. The number of rotatable bonds is 5. The number of nitrogens with one attached hydrogen (secondary N) is 1. The molecule has 1 aromatic carbocycles. The number of benzene rings is 1. The second kappa shape index (κ2) is 8.55. The number of esters is 1. The van der Waals surface area contributed by atoms with E-state index in [1.807, 2.05) is 0 Å². The van der Waals surface area contributed by atoms with E-state index >= 15 is 0 Å². The molecular formula is C15H16Cl2N2O4. The Labute approximate surface area is 143 Å². The molecule has 1 rings (SSSR count). The van der Waals surface area contributed by atoms with Gasteiger partial charge in [0.2, 0.25) is 0 Å². The summed E-state index contributed by atoms with van der Waals surface area (Å²) in [5.41, 5.74) is 0.210. The smallest absolute Gasteiger partial charge is 0.343 e. The van der Waals surface area contributed by atoms with E-state index in [0.717, 1.165) is 6.21 Å². The number of carbonyl (C=O) groups excluding carboxylic acids is 2. The molecule has 6 nitrogen and oxygen atoms in total. The molecule has 2 N–H and O–H groups in total. The van der Waals surface area contributed by atoms with Crippen LogP contribution in [0.3, 0.4) is 0 Å². The van der Waals surface area contributed by atoms with Crippen molar-refractivity contribution in [3.05, 3.63) is 39.1 Å². The lowest BCUT2D eigenvalue weighted by Gasteiger charge is -2.07. The molecule has 0 aliphatic heterocycles. The molecule has 0 fully saturated rings. The second-order valence-electron chi connectivity index (χ2n) is 4.34. The highest BCUT2D eigenvalue weighted by Crippen LogP contribution is 2.32. The van der Waals surface area contributed by atoms with Crippen molar-refractivity contribution in [1.82, 2.24) is 5.32 Å². The Morgan fingerprint density at radius 2 is 2.04 bits per heavy atom. The lowest BCUT2D eigenvalue weighted by molar-refractivity contribution is -0.138. The number of nitrogens with zero attached hydrogens (tertiary/aromatic N) is 1. The van der Waals surface area contributed by atoms with Gasteiger partial charge in [0.1, 0.15) is 11.3 Å². The van der Waals surface area contributed by atoms with Crippen LogP contribution in [0, 0.1) is 0 Å². The lowest BCUT2D eigenvalue weighted by Crippen LogP contribution is -2.18. The van der Waals surface area contributed by atoms with E-state index in [9.17, 15) is 14.7 Å². The van der Waals surface area contributed by atoms with Crippen molar-refractivity contribution >= 4 is 47.0 Å². The van der Waals surface area contributed by atoms with E-state index in [1.165, 1.54) is 26.1 Å². The summed E-state index contributed by atoms with van der Waals surface area (Å²) in [5, 5.41) is 12.3. The van der Waals surface area contributed by atoms with E-state index in [0.29, 0.717) is 0 Å². The summed E-state index contributed by atoms with van der Waals surface area (Å²) in [5.74, 6) is -1.40. The average Bonchev–Trinajstić information content (AvgIpc) is 2.49. The number of aliphatic imine (C=N–C) groups is 1. The highest BCUT2D eigenvalue weighted by atomic mass is 35.5. The lowest BCUT2D eigenvalue weighted by atomic mass is 10.2. The highest BCUT2D eigenvalue weighted by Gasteiger charge is 2.15. The molecule has 124 valence electrons. The fraction of sp³-hybridized carbons (Fsp3) is 0.267. The summed E-state index contributed by atoms with van der Waals surface area (Å²) < 4.78 is 4.82. The number of allylic oxidation sites excluding steroid dienone is 1. The van der Waals surface area contributed by atoms with E-state index in [4.69, 9.17) is 27.9 Å². The van der Waals surface area contributed by atoms with Gasteiger partial charge in [0.05, 0.1) is 22.9 Å². The van der Waals surface area contributed by atoms with Crippen molar-refractivity contribution in [2.24, 2.45) is 4.99 Å². The Morgan fingerprint density at radius 3 is 2.57 bits per heavy atom. The average molecular weight is 359 g/mol. The van der Waals surface area contributed by atoms with Crippen LogP contribution in [0.1, 0.15) is 24.2 Å². The number of hydrogen-bond acceptors (Lipinski definition) is 5.